The van der Waals surface area contributed by atoms with Crippen molar-refractivity contribution in [3.63, 3.8) is 0 Å². The lowest BCUT2D eigenvalue weighted by molar-refractivity contribution is 0.0985. The maximum Gasteiger partial charge on any atom is 0.190 e. The van der Waals surface area contributed by atoms with Crippen LogP contribution in [0.2, 0.25) is 0 Å². The summed E-state index contributed by atoms with van der Waals surface area (Å²) < 4.78 is 1.75. The molecule has 0 radical (unpaired) electrons. The highest BCUT2D eigenvalue weighted by atomic mass is 16.1. The molecule has 6 nitrogen and oxygen atoms in total. The quantitative estimate of drug-likeness (QED) is 0.819. The number of Topliss-reactive ketones (excluding diaryl/α,β-unsaturated/α-hetero) is 1. The van der Waals surface area contributed by atoms with E-state index in [-0.39, 0.29) is 12.2 Å². The number of nitrogens with two attached hydrogens (primary N) is 1. The summed E-state index contributed by atoms with van der Waals surface area (Å²) >= 11 is 0. The van der Waals surface area contributed by atoms with E-state index in [1.165, 1.54) is 6.33 Å². The summed E-state index contributed by atoms with van der Waals surface area (Å²) in [5.41, 5.74) is 6.43. The third-order valence-electron chi connectivity index (χ3n) is 2.66. The van der Waals surface area contributed by atoms with Crippen LogP contribution < -0.4 is 5.73 Å². The van der Waals surface area contributed by atoms with Crippen LogP contribution in [-0.4, -0.2) is 25.5 Å². The van der Waals surface area contributed by atoms with Crippen LogP contribution in [0.3, 0.4) is 0 Å². The Kier molecular flexibility index (Phi) is 3.89. The fourth-order valence-corrected chi connectivity index (χ4v) is 1.80. The first kappa shape index (κ1) is 13.2. The predicted octanol–water partition coefficient (Wildman–Crippen LogP) is 1.34. The van der Waals surface area contributed by atoms with Gasteiger partial charge in [0, 0.05) is 12.7 Å². The summed E-state index contributed by atoms with van der Waals surface area (Å²) in [7, 11) is 0. The minimum atomic E-state index is -0.142. The zero-order chi connectivity index (χ0) is 13.8. The average Bonchev–Trinajstić information content (AvgIpc) is 2.76. The van der Waals surface area contributed by atoms with Gasteiger partial charge in [0.15, 0.2) is 5.78 Å². The molecule has 0 bridgehead atoms. The Bertz CT molecular complexity index is 576. The van der Waals surface area contributed by atoms with Crippen LogP contribution >= 0.6 is 0 Å². The van der Waals surface area contributed by atoms with E-state index >= 15 is 0 Å². The second kappa shape index (κ2) is 5.60. The fraction of sp³-hybridized carbons (Fsp3) is 0.385. The minimum absolute atomic E-state index is 0.142. The molecule has 2 aromatic heterocycles. The smallest absolute Gasteiger partial charge is 0.190 e. The van der Waals surface area contributed by atoms with Gasteiger partial charge in [-0.25, -0.2) is 9.67 Å². The molecule has 2 N–H and O–H groups in total. The number of carbonyl (C=O) groups excluding carboxylic acids is 1. The minimum Gasteiger partial charge on any atom is -0.397 e. The van der Waals surface area contributed by atoms with Crippen molar-refractivity contribution in [1.82, 2.24) is 19.7 Å². The van der Waals surface area contributed by atoms with Gasteiger partial charge in [-0.15, -0.1) is 0 Å². The van der Waals surface area contributed by atoms with Crippen molar-refractivity contribution in [2.45, 2.75) is 26.8 Å². The van der Waals surface area contributed by atoms with E-state index in [9.17, 15) is 4.79 Å². The van der Waals surface area contributed by atoms with Crippen LogP contribution in [0.5, 0.6) is 0 Å². The SMILES string of the molecule is CC(C)Cn1ncnc1CC(=O)c1ncccc1N. The van der Waals surface area contributed by atoms with Crippen LogP contribution in [0.15, 0.2) is 24.7 Å². The van der Waals surface area contributed by atoms with Crippen molar-refractivity contribution >= 4 is 11.5 Å². The summed E-state index contributed by atoms with van der Waals surface area (Å²) in [4.78, 5) is 20.3. The molecule has 0 atom stereocenters. The van der Waals surface area contributed by atoms with E-state index in [1.807, 2.05) is 0 Å². The van der Waals surface area contributed by atoms with Gasteiger partial charge >= 0.3 is 0 Å². The fourth-order valence-electron chi connectivity index (χ4n) is 1.80. The van der Waals surface area contributed by atoms with E-state index in [1.54, 1.807) is 23.0 Å². The molecule has 2 heterocycles. The molecule has 0 aliphatic heterocycles. The molecule has 0 spiro atoms. The lowest BCUT2D eigenvalue weighted by atomic mass is 10.1. The number of aromatic nitrogens is 4. The molecular weight excluding hydrogens is 242 g/mol. The molecule has 0 unspecified atom stereocenters. The van der Waals surface area contributed by atoms with Gasteiger partial charge in [-0.1, -0.05) is 13.8 Å². The van der Waals surface area contributed by atoms with Gasteiger partial charge in [-0.2, -0.15) is 5.10 Å². The Balaban J connectivity index is 2.16. The summed E-state index contributed by atoms with van der Waals surface area (Å²) in [6.45, 7) is 4.91. The Hall–Kier alpha value is -2.24. The number of anilines is 1. The van der Waals surface area contributed by atoms with Crippen LogP contribution in [0.1, 0.15) is 30.2 Å². The summed E-state index contributed by atoms with van der Waals surface area (Å²) in [5.74, 6) is 0.940. The highest BCUT2D eigenvalue weighted by Gasteiger charge is 2.15. The van der Waals surface area contributed by atoms with Crippen molar-refractivity contribution < 1.29 is 4.79 Å². The summed E-state index contributed by atoms with van der Waals surface area (Å²) in [6.07, 6.45) is 3.18. The number of hydrogen-bond acceptors (Lipinski definition) is 5. The Labute approximate surface area is 111 Å². The van der Waals surface area contributed by atoms with E-state index in [0.29, 0.717) is 23.1 Å². The first-order valence-corrected chi connectivity index (χ1v) is 6.18. The first-order valence-electron chi connectivity index (χ1n) is 6.18. The topological polar surface area (TPSA) is 86.7 Å². The van der Waals surface area contributed by atoms with Gasteiger partial charge in [0.2, 0.25) is 0 Å². The number of hydrogen-bond donors (Lipinski definition) is 1. The van der Waals surface area contributed by atoms with Crippen molar-refractivity contribution in [1.29, 1.82) is 0 Å². The molecule has 0 aromatic carbocycles. The van der Waals surface area contributed by atoms with E-state index in [2.05, 4.69) is 28.9 Å². The number of nitrogens with zero attached hydrogens (tertiary/aromatic N) is 4. The second-order valence-electron chi connectivity index (χ2n) is 4.79. The molecule has 2 rings (SSSR count). The normalized spacial score (nSPS) is 10.9. The molecule has 0 saturated carbocycles. The Morgan fingerprint density at radius 1 is 1.42 bits per heavy atom. The van der Waals surface area contributed by atoms with Gasteiger partial charge < -0.3 is 5.73 Å². The number of pyridine rings is 1. The zero-order valence-corrected chi connectivity index (χ0v) is 11.1. The van der Waals surface area contributed by atoms with Gasteiger partial charge in [0.1, 0.15) is 17.8 Å². The molecule has 100 valence electrons. The number of nitrogen functional groups attached to an aromatic ring is 1. The third kappa shape index (κ3) is 3.15. The van der Waals surface area contributed by atoms with Crippen molar-refractivity contribution in [3.8, 4) is 0 Å². The van der Waals surface area contributed by atoms with E-state index in [4.69, 9.17) is 5.73 Å². The van der Waals surface area contributed by atoms with Crippen LogP contribution in [0.4, 0.5) is 5.69 Å². The largest absolute Gasteiger partial charge is 0.397 e. The average molecular weight is 259 g/mol. The molecule has 0 amide bonds. The highest BCUT2D eigenvalue weighted by Crippen LogP contribution is 2.11. The maximum atomic E-state index is 12.1. The van der Waals surface area contributed by atoms with Gasteiger partial charge in [0.05, 0.1) is 12.1 Å². The van der Waals surface area contributed by atoms with Gasteiger partial charge in [-0.05, 0) is 18.1 Å². The predicted molar refractivity (Wildman–Crippen MR) is 71.5 cm³/mol. The standard InChI is InChI=1S/C13H17N5O/c1-9(2)7-18-12(16-8-17-18)6-11(19)13-10(14)4-3-5-15-13/h3-5,8-9H,6-7,14H2,1-2H3. The van der Waals surface area contributed by atoms with Crippen molar-refractivity contribution in [2.75, 3.05) is 5.73 Å². The number of ketones is 1. The molecule has 0 aliphatic carbocycles. The summed E-state index contributed by atoms with van der Waals surface area (Å²) in [5, 5.41) is 4.13. The molecule has 0 fully saturated rings. The van der Waals surface area contributed by atoms with Crippen molar-refractivity contribution in [2.24, 2.45) is 5.92 Å². The van der Waals surface area contributed by atoms with E-state index in [0.717, 1.165) is 6.54 Å². The Morgan fingerprint density at radius 3 is 2.89 bits per heavy atom. The second-order valence-corrected chi connectivity index (χ2v) is 4.79. The van der Waals surface area contributed by atoms with Crippen LogP contribution in [-0.2, 0) is 13.0 Å². The summed E-state index contributed by atoms with van der Waals surface area (Å²) in [6, 6.07) is 3.37. The monoisotopic (exact) mass is 259 g/mol. The molecule has 6 heteroatoms. The van der Waals surface area contributed by atoms with E-state index < -0.39 is 0 Å². The highest BCUT2D eigenvalue weighted by molar-refractivity contribution is 5.99. The number of carbonyl (C=O) groups is 1. The van der Waals surface area contributed by atoms with Gasteiger partial charge in [0.25, 0.3) is 0 Å². The first-order chi connectivity index (χ1) is 9.08. The van der Waals surface area contributed by atoms with Gasteiger partial charge in [-0.3, -0.25) is 9.78 Å². The molecule has 19 heavy (non-hydrogen) atoms. The Morgan fingerprint density at radius 2 is 2.21 bits per heavy atom. The van der Waals surface area contributed by atoms with Crippen LogP contribution in [0, 0.1) is 5.92 Å². The molecule has 0 aliphatic rings. The molecular formula is C13H17N5O. The maximum absolute atomic E-state index is 12.1. The zero-order valence-electron chi connectivity index (χ0n) is 11.1. The number of rotatable bonds is 5. The van der Waals surface area contributed by atoms with Crippen LogP contribution in [0.25, 0.3) is 0 Å². The lowest BCUT2D eigenvalue weighted by Crippen LogP contribution is -2.15. The van der Waals surface area contributed by atoms with Crippen molar-refractivity contribution in [3.05, 3.63) is 36.2 Å². The third-order valence-corrected chi connectivity index (χ3v) is 2.66. The molecule has 0 saturated heterocycles. The molecule has 2 aromatic rings. The lowest BCUT2D eigenvalue weighted by Gasteiger charge is -2.08.